The molecule has 3 aromatic rings. The van der Waals surface area contributed by atoms with Crippen LogP contribution in [0.1, 0.15) is 32.0 Å². The summed E-state index contributed by atoms with van der Waals surface area (Å²) in [5.74, 6) is -0.591. The summed E-state index contributed by atoms with van der Waals surface area (Å²) in [6.07, 6.45) is 0. The minimum Gasteiger partial charge on any atom is -0.465 e. The van der Waals surface area contributed by atoms with Crippen molar-refractivity contribution < 1.29 is 14.3 Å². The van der Waals surface area contributed by atoms with Crippen molar-refractivity contribution in [3.05, 3.63) is 70.9 Å². The lowest BCUT2D eigenvalue weighted by Gasteiger charge is -2.08. The van der Waals surface area contributed by atoms with Gasteiger partial charge in [-0.15, -0.1) is 0 Å². The van der Waals surface area contributed by atoms with E-state index < -0.39 is 5.97 Å². The Kier molecular flexibility index (Phi) is 3.74. The van der Waals surface area contributed by atoms with E-state index in [1.807, 2.05) is 49.4 Å². The molecule has 0 aliphatic heterocycles. The number of nitrogens with zero attached hydrogens (tertiary/aromatic N) is 1. The molecule has 0 N–H and O–H groups in total. The van der Waals surface area contributed by atoms with Gasteiger partial charge in [0, 0.05) is 16.6 Å². The number of aryl methyl sites for hydroxylation is 1. The summed E-state index contributed by atoms with van der Waals surface area (Å²) in [6, 6.07) is 14.8. The number of hydrogen-bond donors (Lipinski definition) is 0. The molecule has 0 spiro atoms. The lowest BCUT2D eigenvalue weighted by molar-refractivity contribution is 0.0602. The molecule has 0 unspecified atom stereocenters. The van der Waals surface area contributed by atoms with E-state index in [1.165, 1.54) is 7.11 Å². The van der Waals surface area contributed by atoms with Gasteiger partial charge in [-0.2, -0.15) is 0 Å². The van der Waals surface area contributed by atoms with Gasteiger partial charge in [-0.25, -0.2) is 4.79 Å². The fourth-order valence-corrected chi connectivity index (χ4v) is 2.90. The summed E-state index contributed by atoms with van der Waals surface area (Å²) >= 11 is 0. The lowest BCUT2D eigenvalue weighted by Crippen LogP contribution is -2.14. The summed E-state index contributed by atoms with van der Waals surface area (Å²) < 4.78 is 6.46. The number of carbonyl (C=O) groups is 2. The first kappa shape index (κ1) is 15.0. The third-order valence-electron chi connectivity index (χ3n) is 3.97. The minimum atomic E-state index is -0.436. The SMILES string of the molecule is COC(=O)c1c(C)n(C(=O)c2cccc(C)c2)c2ccccc12. The topological polar surface area (TPSA) is 48.3 Å². The molecule has 23 heavy (non-hydrogen) atoms. The molecule has 116 valence electrons. The average molecular weight is 307 g/mol. The Morgan fingerprint density at radius 1 is 1.00 bits per heavy atom. The number of benzene rings is 2. The minimum absolute atomic E-state index is 0.155. The van der Waals surface area contributed by atoms with Crippen LogP contribution in [0.25, 0.3) is 10.9 Å². The van der Waals surface area contributed by atoms with Crippen molar-refractivity contribution in [3.63, 3.8) is 0 Å². The van der Waals surface area contributed by atoms with E-state index in [-0.39, 0.29) is 5.91 Å². The molecular weight excluding hydrogens is 290 g/mol. The third kappa shape index (κ3) is 2.42. The van der Waals surface area contributed by atoms with Gasteiger partial charge in [0.2, 0.25) is 0 Å². The summed E-state index contributed by atoms with van der Waals surface area (Å²) in [5.41, 5.74) is 3.33. The van der Waals surface area contributed by atoms with Gasteiger partial charge in [0.15, 0.2) is 0 Å². The van der Waals surface area contributed by atoms with E-state index in [2.05, 4.69) is 0 Å². The molecule has 1 aromatic heterocycles. The van der Waals surface area contributed by atoms with Crippen LogP contribution in [-0.4, -0.2) is 23.6 Å². The van der Waals surface area contributed by atoms with Crippen LogP contribution in [0.15, 0.2) is 48.5 Å². The average Bonchev–Trinajstić information content (AvgIpc) is 2.85. The molecule has 0 aliphatic rings. The first-order valence-electron chi connectivity index (χ1n) is 7.34. The number of hydrogen-bond acceptors (Lipinski definition) is 3. The van der Waals surface area contributed by atoms with E-state index in [0.717, 1.165) is 10.9 Å². The first-order valence-corrected chi connectivity index (χ1v) is 7.34. The Morgan fingerprint density at radius 3 is 2.43 bits per heavy atom. The highest BCUT2D eigenvalue weighted by molar-refractivity contribution is 6.11. The number of rotatable bonds is 2. The molecule has 1 heterocycles. The summed E-state index contributed by atoms with van der Waals surface area (Å²) in [5, 5.41) is 0.720. The van der Waals surface area contributed by atoms with Crippen LogP contribution in [0.4, 0.5) is 0 Å². The van der Waals surface area contributed by atoms with Crippen molar-refractivity contribution in [1.82, 2.24) is 4.57 Å². The van der Waals surface area contributed by atoms with Crippen molar-refractivity contribution >= 4 is 22.8 Å². The summed E-state index contributed by atoms with van der Waals surface area (Å²) in [6.45, 7) is 3.71. The van der Waals surface area contributed by atoms with Gasteiger partial charge >= 0.3 is 5.97 Å². The van der Waals surface area contributed by atoms with Gasteiger partial charge < -0.3 is 4.74 Å². The number of aromatic nitrogens is 1. The number of carbonyl (C=O) groups excluding carboxylic acids is 2. The molecule has 0 atom stereocenters. The van der Waals surface area contributed by atoms with Crippen LogP contribution < -0.4 is 0 Å². The fourth-order valence-electron chi connectivity index (χ4n) is 2.90. The van der Waals surface area contributed by atoms with Gasteiger partial charge in [-0.3, -0.25) is 9.36 Å². The highest BCUT2D eigenvalue weighted by Gasteiger charge is 2.23. The van der Waals surface area contributed by atoms with Crippen LogP contribution in [-0.2, 0) is 4.74 Å². The zero-order chi connectivity index (χ0) is 16.6. The van der Waals surface area contributed by atoms with Gasteiger partial charge in [0.25, 0.3) is 5.91 Å². The van der Waals surface area contributed by atoms with E-state index in [4.69, 9.17) is 4.74 Å². The third-order valence-corrected chi connectivity index (χ3v) is 3.97. The van der Waals surface area contributed by atoms with E-state index in [9.17, 15) is 9.59 Å². The highest BCUT2D eigenvalue weighted by Crippen LogP contribution is 2.27. The summed E-state index contributed by atoms with van der Waals surface area (Å²) in [7, 11) is 1.34. The first-order chi connectivity index (χ1) is 11.0. The molecule has 0 radical (unpaired) electrons. The van der Waals surface area contributed by atoms with Crippen molar-refractivity contribution in [1.29, 1.82) is 0 Å². The number of methoxy groups -OCH3 is 1. The van der Waals surface area contributed by atoms with Crippen LogP contribution in [0.5, 0.6) is 0 Å². The molecule has 3 rings (SSSR count). The molecule has 4 nitrogen and oxygen atoms in total. The Bertz CT molecular complexity index is 922. The second-order valence-corrected chi connectivity index (χ2v) is 5.48. The molecule has 2 aromatic carbocycles. The monoisotopic (exact) mass is 307 g/mol. The van der Waals surface area contributed by atoms with Gasteiger partial charge in [-0.05, 0) is 32.0 Å². The predicted octanol–water partition coefficient (Wildman–Crippen LogP) is 3.73. The maximum Gasteiger partial charge on any atom is 0.340 e. The molecule has 0 saturated heterocycles. The smallest absolute Gasteiger partial charge is 0.340 e. The summed E-state index contributed by atoms with van der Waals surface area (Å²) in [4.78, 5) is 25.1. The highest BCUT2D eigenvalue weighted by atomic mass is 16.5. The maximum absolute atomic E-state index is 13.0. The Morgan fingerprint density at radius 2 is 1.74 bits per heavy atom. The lowest BCUT2D eigenvalue weighted by atomic mass is 10.1. The normalized spacial score (nSPS) is 10.7. The fraction of sp³-hybridized carbons (Fsp3) is 0.158. The van der Waals surface area contributed by atoms with Crippen LogP contribution in [0.3, 0.4) is 0 Å². The second kappa shape index (κ2) is 5.72. The molecular formula is C19H17NO3. The Hall–Kier alpha value is -2.88. The molecule has 0 saturated carbocycles. The standard InChI is InChI=1S/C19H17NO3/c1-12-7-6-8-14(11-12)18(21)20-13(2)17(19(22)23-3)15-9-4-5-10-16(15)20/h4-11H,1-3H3. The molecule has 0 amide bonds. The molecule has 4 heteroatoms. The van der Waals surface area contributed by atoms with E-state index in [0.29, 0.717) is 22.3 Å². The van der Waals surface area contributed by atoms with Gasteiger partial charge in [0.05, 0.1) is 18.2 Å². The zero-order valence-electron chi connectivity index (χ0n) is 13.3. The van der Waals surface area contributed by atoms with Gasteiger partial charge in [-0.1, -0.05) is 35.9 Å². The van der Waals surface area contributed by atoms with Crippen LogP contribution in [0, 0.1) is 13.8 Å². The van der Waals surface area contributed by atoms with Crippen LogP contribution >= 0.6 is 0 Å². The van der Waals surface area contributed by atoms with Crippen molar-refractivity contribution in [3.8, 4) is 0 Å². The predicted molar refractivity (Wildman–Crippen MR) is 88.9 cm³/mol. The van der Waals surface area contributed by atoms with Gasteiger partial charge in [0.1, 0.15) is 0 Å². The van der Waals surface area contributed by atoms with E-state index in [1.54, 1.807) is 17.6 Å². The zero-order valence-corrected chi connectivity index (χ0v) is 13.3. The van der Waals surface area contributed by atoms with Crippen molar-refractivity contribution in [2.24, 2.45) is 0 Å². The molecule has 0 fully saturated rings. The Balaban J connectivity index is 2.28. The maximum atomic E-state index is 13.0. The Labute approximate surface area is 134 Å². The largest absolute Gasteiger partial charge is 0.465 e. The number of ether oxygens (including phenoxy) is 1. The number of para-hydroxylation sites is 1. The quantitative estimate of drug-likeness (QED) is 0.678. The molecule has 0 bridgehead atoms. The van der Waals surface area contributed by atoms with E-state index >= 15 is 0 Å². The second-order valence-electron chi connectivity index (χ2n) is 5.48. The van der Waals surface area contributed by atoms with Crippen molar-refractivity contribution in [2.75, 3.05) is 7.11 Å². The van der Waals surface area contributed by atoms with Crippen molar-refractivity contribution in [2.45, 2.75) is 13.8 Å². The number of fused-ring (bicyclic) bond motifs is 1. The molecule has 0 aliphatic carbocycles. The number of esters is 1. The van der Waals surface area contributed by atoms with Crippen LogP contribution in [0.2, 0.25) is 0 Å².